The van der Waals surface area contributed by atoms with E-state index >= 15 is 0 Å². The van der Waals surface area contributed by atoms with E-state index in [9.17, 15) is 14.7 Å². The normalized spacial score (nSPS) is 16.4. The molecule has 144 valence electrons. The van der Waals surface area contributed by atoms with E-state index in [0.29, 0.717) is 38.3 Å². The van der Waals surface area contributed by atoms with Gasteiger partial charge in [0, 0.05) is 26.1 Å². The number of carbonyl (C=O) groups is 2. The highest BCUT2D eigenvalue weighted by Crippen LogP contribution is 2.31. The van der Waals surface area contributed by atoms with Gasteiger partial charge in [-0.05, 0) is 29.9 Å². The van der Waals surface area contributed by atoms with E-state index in [4.69, 9.17) is 5.73 Å². The van der Waals surface area contributed by atoms with E-state index < -0.39 is 5.97 Å². The first-order valence-electron chi connectivity index (χ1n) is 9.14. The molecule has 0 aliphatic carbocycles. The maximum Gasteiger partial charge on any atom is 0.317 e. The average molecular weight is 371 g/mol. The van der Waals surface area contributed by atoms with Crippen LogP contribution in [0.3, 0.4) is 0 Å². The van der Waals surface area contributed by atoms with E-state index in [-0.39, 0.29) is 18.4 Å². The zero-order valence-corrected chi connectivity index (χ0v) is 15.1. The third-order valence-electron chi connectivity index (χ3n) is 4.83. The molecule has 2 amide bonds. The van der Waals surface area contributed by atoms with Crippen molar-refractivity contribution in [1.29, 1.82) is 0 Å². The van der Waals surface area contributed by atoms with Crippen LogP contribution in [0, 0.1) is 0 Å². The van der Waals surface area contributed by atoms with Crippen molar-refractivity contribution in [1.82, 2.24) is 20.2 Å². The molecule has 8 heteroatoms. The SMILES string of the molecule is Nc1cnc(CCCNC(=O)N2CCC(CC(=O)O)c3ccccc3C2)[nH]1. The standard InChI is InChI=1S/C19H25N5O3/c20-16-11-22-17(23-16)6-3-8-21-19(27)24-9-7-13(10-18(25)26)15-5-2-1-4-14(15)12-24/h1-2,4-5,11,13H,3,6-10,12,20H2,(H,21,27)(H,22,23)(H,25,26). The van der Waals surface area contributed by atoms with Gasteiger partial charge >= 0.3 is 12.0 Å². The fraction of sp³-hybridized carbons (Fsp3) is 0.421. The van der Waals surface area contributed by atoms with Crippen LogP contribution in [0.25, 0.3) is 0 Å². The minimum absolute atomic E-state index is 0.0686. The number of carbonyl (C=O) groups excluding carboxylic acids is 1. The third kappa shape index (κ3) is 4.99. The summed E-state index contributed by atoms with van der Waals surface area (Å²) in [5, 5.41) is 12.1. The molecular formula is C19H25N5O3. The molecule has 1 aliphatic rings. The Labute approximate surface area is 157 Å². The molecule has 1 atom stereocenters. The van der Waals surface area contributed by atoms with Crippen molar-refractivity contribution in [2.24, 2.45) is 0 Å². The predicted octanol–water partition coefficient (Wildman–Crippen LogP) is 2.10. The van der Waals surface area contributed by atoms with Gasteiger partial charge in [-0.3, -0.25) is 4.79 Å². The number of urea groups is 1. The number of nitrogens with one attached hydrogen (secondary N) is 2. The molecule has 5 N–H and O–H groups in total. The Hall–Kier alpha value is -3.03. The Morgan fingerprint density at radius 3 is 2.93 bits per heavy atom. The minimum Gasteiger partial charge on any atom is -0.481 e. The van der Waals surface area contributed by atoms with Crippen molar-refractivity contribution >= 4 is 17.8 Å². The quantitative estimate of drug-likeness (QED) is 0.579. The van der Waals surface area contributed by atoms with Gasteiger partial charge in [0.15, 0.2) is 0 Å². The number of benzene rings is 1. The number of fused-ring (bicyclic) bond motifs is 1. The maximum atomic E-state index is 12.6. The molecule has 0 spiro atoms. The number of anilines is 1. The zero-order chi connectivity index (χ0) is 19.2. The summed E-state index contributed by atoms with van der Waals surface area (Å²) in [6.07, 6.45) is 3.77. The number of aryl methyl sites for hydroxylation is 1. The van der Waals surface area contributed by atoms with Crippen LogP contribution in [0.4, 0.5) is 10.6 Å². The number of nitrogens with two attached hydrogens (primary N) is 1. The van der Waals surface area contributed by atoms with Crippen LogP contribution < -0.4 is 11.1 Å². The number of nitrogens with zero attached hydrogens (tertiary/aromatic N) is 2. The van der Waals surface area contributed by atoms with Gasteiger partial charge in [0.1, 0.15) is 11.6 Å². The summed E-state index contributed by atoms with van der Waals surface area (Å²) in [5.41, 5.74) is 7.64. The molecule has 27 heavy (non-hydrogen) atoms. The van der Waals surface area contributed by atoms with Gasteiger partial charge in [-0.25, -0.2) is 9.78 Å². The van der Waals surface area contributed by atoms with Crippen LogP contribution in [0.2, 0.25) is 0 Å². The lowest BCUT2D eigenvalue weighted by atomic mass is 9.90. The number of rotatable bonds is 6. The molecule has 2 heterocycles. The molecule has 1 aliphatic heterocycles. The van der Waals surface area contributed by atoms with E-state index in [1.807, 2.05) is 24.3 Å². The van der Waals surface area contributed by atoms with Crippen molar-refractivity contribution in [3.63, 3.8) is 0 Å². The number of H-pyrrole nitrogens is 1. The maximum absolute atomic E-state index is 12.6. The second-order valence-electron chi connectivity index (χ2n) is 6.82. The first kappa shape index (κ1) is 18.8. The molecule has 0 radical (unpaired) electrons. The van der Waals surface area contributed by atoms with Crippen molar-refractivity contribution < 1.29 is 14.7 Å². The summed E-state index contributed by atoms with van der Waals surface area (Å²) >= 11 is 0. The van der Waals surface area contributed by atoms with Gasteiger partial charge in [0.05, 0.1) is 12.6 Å². The number of nitrogen functional groups attached to an aromatic ring is 1. The summed E-state index contributed by atoms with van der Waals surface area (Å²) < 4.78 is 0. The van der Waals surface area contributed by atoms with E-state index in [2.05, 4.69) is 15.3 Å². The summed E-state index contributed by atoms with van der Waals surface area (Å²) in [5.74, 6) is 0.460. The summed E-state index contributed by atoms with van der Waals surface area (Å²) in [6.45, 7) is 1.57. The Morgan fingerprint density at radius 2 is 2.19 bits per heavy atom. The predicted molar refractivity (Wildman–Crippen MR) is 101 cm³/mol. The molecule has 1 unspecified atom stereocenters. The van der Waals surface area contributed by atoms with Gasteiger partial charge in [-0.15, -0.1) is 0 Å². The molecule has 8 nitrogen and oxygen atoms in total. The van der Waals surface area contributed by atoms with Crippen molar-refractivity contribution in [3.05, 3.63) is 47.4 Å². The summed E-state index contributed by atoms with van der Waals surface area (Å²) in [6, 6.07) is 7.66. The fourth-order valence-corrected chi connectivity index (χ4v) is 3.49. The Morgan fingerprint density at radius 1 is 1.37 bits per heavy atom. The molecule has 2 aromatic rings. The largest absolute Gasteiger partial charge is 0.481 e. The molecule has 1 aromatic carbocycles. The molecule has 0 saturated heterocycles. The van der Waals surface area contributed by atoms with Crippen LogP contribution in [0.15, 0.2) is 30.5 Å². The highest BCUT2D eigenvalue weighted by atomic mass is 16.4. The van der Waals surface area contributed by atoms with Gasteiger partial charge in [-0.2, -0.15) is 0 Å². The lowest BCUT2D eigenvalue weighted by molar-refractivity contribution is -0.137. The first-order chi connectivity index (χ1) is 13.0. The summed E-state index contributed by atoms with van der Waals surface area (Å²) in [4.78, 5) is 32.6. The molecule has 1 aromatic heterocycles. The van der Waals surface area contributed by atoms with Gasteiger partial charge in [-0.1, -0.05) is 24.3 Å². The van der Waals surface area contributed by atoms with Crippen LogP contribution >= 0.6 is 0 Å². The number of carboxylic acids is 1. The van der Waals surface area contributed by atoms with Gasteiger partial charge in [0.25, 0.3) is 0 Å². The monoisotopic (exact) mass is 371 g/mol. The molecule has 0 fully saturated rings. The zero-order valence-electron chi connectivity index (χ0n) is 15.1. The summed E-state index contributed by atoms with van der Waals surface area (Å²) in [7, 11) is 0. The number of hydrogen-bond acceptors (Lipinski definition) is 4. The average Bonchev–Trinajstić information content (AvgIpc) is 2.97. The second-order valence-corrected chi connectivity index (χ2v) is 6.82. The Bertz CT molecular complexity index is 804. The van der Waals surface area contributed by atoms with Crippen LogP contribution in [0.5, 0.6) is 0 Å². The minimum atomic E-state index is -0.814. The van der Waals surface area contributed by atoms with Crippen molar-refractivity contribution in [2.45, 2.75) is 38.1 Å². The Balaban J connectivity index is 1.55. The lowest BCUT2D eigenvalue weighted by Gasteiger charge is -2.21. The van der Waals surface area contributed by atoms with Gasteiger partial charge in [0.2, 0.25) is 0 Å². The van der Waals surface area contributed by atoms with E-state index in [1.54, 1.807) is 11.1 Å². The first-order valence-corrected chi connectivity index (χ1v) is 9.14. The number of aromatic nitrogens is 2. The smallest absolute Gasteiger partial charge is 0.317 e. The molecule has 0 saturated carbocycles. The van der Waals surface area contributed by atoms with E-state index in [1.165, 1.54) is 0 Å². The van der Waals surface area contributed by atoms with Gasteiger partial charge < -0.3 is 26.0 Å². The third-order valence-corrected chi connectivity index (χ3v) is 4.83. The Kier molecular flexibility index (Phi) is 5.95. The molecular weight excluding hydrogens is 346 g/mol. The number of aliphatic carboxylic acids is 1. The molecule has 0 bridgehead atoms. The molecule has 3 rings (SSSR count). The highest BCUT2D eigenvalue weighted by molar-refractivity contribution is 5.74. The lowest BCUT2D eigenvalue weighted by Crippen LogP contribution is -2.40. The number of hydrogen-bond donors (Lipinski definition) is 4. The number of aromatic amines is 1. The van der Waals surface area contributed by atoms with Crippen LogP contribution in [-0.2, 0) is 17.8 Å². The number of carboxylic acid groups (broad SMARTS) is 1. The number of imidazole rings is 1. The fourth-order valence-electron chi connectivity index (χ4n) is 3.49. The van der Waals surface area contributed by atoms with Crippen LogP contribution in [-0.4, -0.2) is 45.1 Å². The topological polar surface area (TPSA) is 124 Å². The van der Waals surface area contributed by atoms with Crippen LogP contribution in [0.1, 0.15) is 42.1 Å². The number of amides is 2. The van der Waals surface area contributed by atoms with Crippen molar-refractivity contribution in [2.75, 3.05) is 18.8 Å². The van der Waals surface area contributed by atoms with Crippen molar-refractivity contribution in [3.8, 4) is 0 Å². The second kappa shape index (κ2) is 8.57. The van der Waals surface area contributed by atoms with E-state index in [0.717, 1.165) is 23.4 Å². The highest BCUT2D eigenvalue weighted by Gasteiger charge is 2.26.